The standard InChI is InChI=1S/C24H42O11/c1-11-7-13(8-24(3,4)14(11)6-5-12(2)25)34-23-21(31)19(29)18(28)16(35-23)10-33-22-20(30)17(27)15(26)9-32-22/h5-6,11-23,25-31H,7-10H2,1-4H3/b6-5+/t11-,12-,13+,14+,15-,16-,17+,18-,19+,20-,21-,22+,23-/m1/s1. The van der Waals surface area contributed by atoms with Gasteiger partial charge in [0.1, 0.15) is 42.7 Å². The molecule has 7 N–H and O–H groups in total. The van der Waals surface area contributed by atoms with Crippen LogP contribution >= 0.6 is 0 Å². The Morgan fingerprint density at radius 2 is 1.63 bits per heavy atom. The molecule has 204 valence electrons. The number of rotatable bonds is 7. The molecule has 11 nitrogen and oxygen atoms in total. The highest BCUT2D eigenvalue weighted by molar-refractivity contribution is 5.03. The summed E-state index contributed by atoms with van der Waals surface area (Å²) in [7, 11) is 0. The molecule has 1 saturated carbocycles. The summed E-state index contributed by atoms with van der Waals surface area (Å²) >= 11 is 0. The molecular formula is C24H42O11. The van der Waals surface area contributed by atoms with Gasteiger partial charge in [-0.3, -0.25) is 0 Å². The average molecular weight is 507 g/mol. The summed E-state index contributed by atoms with van der Waals surface area (Å²) in [6.45, 7) is 7.47. The van der Waals surface area contributed by atoms with E-state index in [9.17, 15) is 35.7 Å². The Kier molecular flexibility index (Phi) is 9.72. The number of aliphatic hydroxyl groups is 7. The average Bonchev–Trinajstić information content (AvgIpc) is 2.77. The minimum absolute atomic E-state index is 0.159. The molecule has 0 aromatic carbocycles. The van der Waals surface area contributed by atoms with Crippen LogP contribution in [0.2, 0.25) is 0 Å². The largest absolute Gasteiger partial charge is 0.389 e. The molecule has 0 aromatic heterocycles. The van der Waals surface area contributed by atoms with Gasteiger partial charge < -0.3 is 54.7 Å². The van der Waals surface area contributed by atoms with Crippen molar-refractivity contribution < 1.29 is 54.7 Å². The zero-order valence-corrected chi connectivity index (χ0v) is 20.8. The predicted octanol–water partition coefficient (Wildman–Crippen LogP) is -1.36. The molecule has 3 fully saturated rings. The van der Waals surface area contributed by atoms with Crippen molar-refractivity contribution in [3.8, 4) is 0 Å². The van der Waals surface area contributed by atoms with Gasteiger partial charge >= 0.3 is 0 Å². The number of hydrogen-bond donors (Lipinski definition) is 7. The molecule has 0 aromatic rings. The fraction of sp³-hybridized carbons (Fsp3) is 0.917. The minimum Gasteiger partial charge on any atom is -0.389 e. The Balaban J connectivity index is 1.61. The molecule has 13 atom stereocenters. The first-order valence-electron chi connectivity index (χ1n) is 12.3. The first kappa shape index (κ1) is 28.9. The lowest BCUT2D eigenvalue weighted by Crippen LogP contribution is -2.61. The quantitative estimate of drug-likeness (QED) is 0.203. The third-order valence-electron chi connectivity index (χ3n) is 7.37. The number of aliphatic hydroxyl groups excluding tert-OH is 7. The van der Waals surface area contributed by atoms with Crippen molar-refractivity contribution in [2.24, 2.45) is 17.3 Å². The van der Waals surface area contributed by atoms with Crippen LogP contribution in [0.1, 0.15) is 40.5 Å². The smallest absolute Gasteiger partial charge is 0.186 e. The number of allylic oxidation sites excluding steroid dienone is 1. The summed E-state index contributed by atoms with van der Waals surface area (Å²) in [5.74, 6) is 0.444. The maximum Gasteiger partial charge on any atom is 0.186 e. The SMILES string of the molecule is C[C@@H]1C[C@H](O[C@@H]2O[C@H](CO[C@@H]3OC[C@@H](O)[C@H](O)[C@H]3O)[C@@H](O)[C@H](O)[C@H]2O)CC(C)(C)[C@H]1/C=C/[C@@H](C)O. The highest BCUT2D eigenvalue weighted by Crippen LogP contribution is 2.46. The topological polar surface area (TPSA) is 179 Å². The van der Waals surface area contributed by atoms with E-state index in [0.717, 1.165) is 0 Å². The fourth-order valence-corrected chi connectivity index (χ4v) is 5.44. The van der Waals surface area contributed by atoms with Crippen LogP contribution in [-0.4, -0.2) is 116 Å². The molecule has 0 spiro atoms. The molecule has 0 bridgehead atoms. The number of hydrogen-bond acceptors (Lipinski definition) is 11. The van der Waals surface area contributed by atoms with Crippen molar-refractivity contribution in [2.75, 3.05) is 13.2 Å². The zero-order valence-electron chi connectivity index (χ0n) is 20.8. The molecule has 0 unspecified atom stereocenters. The zero-order chi connectivity index (χ0) is 26.1. The second-order valence-electron chi connectivity index (χ2n) is 10.9. The fourth-order valence-electron chi connectivity index (χ4n) is 5.44. The molecule has 2 saturated heterocycles. The van der Waals surface area contributed by atoms with E-state index in [0.29, 0.717) is 12.8 Å². The summed E-state index contributed by atoms with van der Waals surface area (Å²) in [5, 5.41) is 70.3. The van der Waals surface area contributed by atoms with E-state index in [1.165, 1.54) is 0 Å². The lowest BCUT2D eigenvalue weighted by Gasteiger charge is -2.47. The summed E-state index contributed by atoms with van der Waals surface area (Å²) in [6, 6.07) is 0. The van der Waals surface area contributed by atoms with Crippen LogP contribution in [0.4, 0.5) is 0 Å². The Bertz CT molecular complexity index is 701. The first-order chi connectivity index (χ1) is 16.3. The van der Waals surface area contributed by atoms with E-state index < -0.39 is 61.4 Å². The Morgan fingerprint density at radius 3 is 2.26 bits per heavy atom. The van der Waals surface area contributed by atoms with Crippen molar-refractivity contribution in [2.45, 2.75) is 108 Å². The van der Waals surface area contributed by atoms with Gasteiger partial charge in [-0.2, -0.15) is 0 Å². The van der Waals surface area contributed by atoms with E-state index in [-0.39, 0.29) is 36.6 Å². The monoisotopic (exact) mass is 506 g/mol. The molecular weight excluding hydrogens is 464 g/mol. The van der Waals surface area contributed by atoms with Gasteiger partial charge in [-0.25, -0.2) is 0 Å². The van der Waals surface area contributed by atoms with Crippen LogP contribution in [0.25, 0.3) is 0 Å². The second-order valence-corrected chi connectivity index (χ2v) is 10.9. The number of ether oxygens (including phenoxy) is 4. The normalized spacial score (nSPS) is 47.6. The van der Waals surface area contributed by atoms with Crippen molar-refractivity contribution in [1.82, 2.24) is 0 Å². The van der Waals surface area contributed by atoms with Crippen LogP contribution < -0.4 is 0 Å². The second kappa shape index (κ2) is 11.8. The van der Waals surface area contributed by atoms with E-state index in [2.05, 4.69) is 20.8 Å². The summed E-state index contributed by atoms with van der Waals surface area (Å²) in [5.41, 5.74) is -0.159. The molecule has 3 aliphatic rings. The van der Waals surface area contributed by atoms with Gasteiger partial charge in [-0.05, 0) is 37.0 Å². The summed E-state index contributed by atoms with van der Waals surface area (Å²) in [6.07, 6.45) is -7.98. The molecule has 2 aliphatic heterocycles. The predicted molar refractivity (Wildman–Crippen MR) is 122 cm³/mol. The Labute approximate surface area is 205 Å². The van der Waals surface area contributed by atoms with Gasteiger partial charge in [-0.15, -0.1) is 0 Å². The van der Waals surface area contributed by atoms with Crippen LogP contribution in [0.3, 0.4) is 0 Å². The van der Waals surface area contributed by atoms with E-state index in [1.54, 1.807) is 13.0 Å². The van der Waals surface area contributed by atoms with Crippen LogP contribution in [0, 0.1) is 17.3 Å². The summed E-state index contributed by atoms with van der Waals surface area (Å²) in [4.78, 5) is 0. The molecule has 35 heavy (non-hydrogen) atoms. The molecule has 1 aliphatic carbocycles. The van der Waals surface area contributed by atoms with Gasteiger partial charge in [0, 0.05) is 0 Å². The van der Waals surface area contributed by atoms with Crippen molar-refractivity contribution >= 4 is 0 Å². The maximum absolute atomic E-state index is 10.5. The molecule has 0 radical (unpaired) electrons. The summed E-state index contributed by atoms with van der Waals surface area (Å²) < 4.78 is 22.5. The third-order valence-corrected chi connectivity index (χ3v) is 7.37. The maximum atomic E-state index is 10.5. The molecule has 0 amide bonds. The lowest BCUT2D eigenvalue weighted by atomic mass is 9.63. The Hall–Kier alpha value is -0.700. The van der Waals surface area contributed by atoms with Crippen molar-refractivity contribution in [1.29, 1.82) is 0 Å². The highest BCUT2D eigenvalue weighted by atomic mass is 16.7. The van der Waals surface area contributed by atoms with E-state index in [1.807, 2.05) is 6.08 Å². The van der Waals surface area contributed by atoms with Crippen LogP contribution in [0.15, 0.2) is 12.2 Å². The Morgan fingerprint density at radius 1 is 0.971 bits per heavy atom. The van der Waals surface area contributed by atoms with Gasteiger partial charge in [0.25, 0.3) is 0 Å². The van der Waals surface area contributed by atoms with E-state index in [4.69, 9.17) is 18.9 Å². The highest BCUT2D eigenvalue weighted by Gasteiger charge is 2.48. The van der Waals surface area contributed by atoms with Gasteiger partial charge in [-0.1, -0.05) is 32.9 Å². The van der Waals surface area contributed by atoms with Crippen molar-refractivity contribution in [3.63, 3.8) is 0 Å². The lowest BCUT2D eigenvalue weighted by molar-refractivity contribution is -0.330. The molecule has 3 rings (SSSR count). The van der Waals surface area contributed by atoms with Gasteiger partial charge in [0.2, 0.25) is 0 Å². The minimum atomic E-state index is -1.55. The molecule has 2 heterocycles. The van der Waals surface area contributed by atoms with Crippen LogP contribution in [0.5, 0.6) is 0 Å². The third kappa shape index (κ3) is 6.79. The van der Waals surface area contributed by atoms with Gasteiger partial charge in [0.15, 0.2) is 12.6 Å². The van der Waals surface area contributed by atoms with E-state index >= 15 is 0 Å². The van der Waals surface area contributed by atoms with Crippen LogP contribution in [-0.2, 0) is 18.9 Å². The van der Waals surface area contributed by atoms with Gasteiger partial charge in [0.05, 0.1) is 25.4 Å². The first-order valence-corrected chi connectivity index (χ1v) is 12.3. The van der Waals surface area contributed by atoms with Crippen molar-refractivity contribution in [3.05, 3.63) is 12.2 Å². The molecule has 11 heteroatoms.